The van der Waals surface area contributed by atoms with Crippen LogP contribution in [0.5, 0.6) is 0 Å². The van der Waals surface area contributed by atoms with Gasteiger partial charge in [0.05, 0.1) is 0 Å². The maximum atomic E-state index is 10.4. The van der Waals surface area contributed by atoms with Crippen molar-refractivity contribution in [3.8, 4) is 0 Å². The predicted octanol–water partition coefficient (Wildman–Crippen LogP) is -1.67. The maximum absolute atomic E-state index is 10.4. The van der Waals surface area contributed by atoms with E-state index in [1.807, 2.05) is 6.07 Å². The third-order valence-electron chi connectivity index (χ3n) is 0.970. The Morgan fingerprint density at radius 3 is 2.70 bits per heavy atom. The molecule has 1 heterocycles. The van der Waals surface area contributed by atoms with E-state index in [4.69, 9.17) is 5.11 Å². The minimum atomic E-state index is -0.811. The third-order valence-corrected chi connectivity index (χ3v) is 4.95. The molecule has 56 valence electrons. The van der Waals surface area contributed by atoms with Crippen LogP contribution in [-0.4, -0.2) is 16.0 Å². The Morgan fingerprint density at radius 2 is 2.40 bits per heavy atom. The van der Waals surface area contributed by atoms with Crippen molar-refractivity contribution in [1.82, 2.24) is 0 Å². The van der Waals surface area contributed by atoms with Crippen LogP contribution < -0.4 is 21.2 Å². The van der Waals surface area contributed by atoms with E-state index in [1.165, 1.54) is 14.2 Å². The van der Waals surface area contributed by atoms with Gasteiger partial charge >= 0.3 is 73.2 Å². The van der Waals surface area contributed by atoms with Crippen molar-refractivity contribution in [2.24, 2.45) is 0 Å². The Kier molecular flexibility index (Phi) is 2.67. The number of alkyl halides is 1. The van der Waals surface area contributed by atoms with E-state index >= 15 is 0 Å². The molecule has 10 heavy (non-hydrogen) atoms. The first-order valence-electron chi connectivity index (χ1n) is 2.56. The van der Waals surface area contributed by atoms with E-state index in [2.05, 4.69) is 4.93 Å². The van der Waals surface area contributed by atoms with Gasteiger partial charge in [0.15, 0.2) is 0 Å². The van der Waals surface area contributed by atoms with Gasteiger partial charge in [0.25, 0.3) is 0 Å². The minimum absolute atomic E-state index is 0.0598. The van der Waals surface area contributed by atoms with Crippen LogP contribution >= 0.6 is 11.3 Å². The molecule has 0 radical (unpaired) electrons. The molecular formula is C6H6IO2S-. The van der Waals surface area contributed by atoms with Crippen molar-refractivity contribution in [1.29, 1.82) is 0 Å². The average molecular weight is 269 g/mol. The van der Waals surface area contributed by atoms with Gasteiger partial charge in [-0.05, 0) is 0 Å². The van der Waals surface area contributed by atoms with E-state index < -0.39 is 5.97 Å². The Labute approximate surface area is 73.1 Å². The number of rotatable bonds is 2. The number of carboxylic acid groups (broad SMARTS) is 1. The fraction of sp³-hybridized carbons (Fsp3) is 0.167. The number of thiophene rings is 1. The molecule has 0 atom stereocenters. The first-order chi connectivity index (χ1) is 4.74. The van der Waals surface area contributed by atoms with Crippen LogP contribution in [0.1, 0.15) is 9.67 Å². The molecule has 1 N–H and O–H groups in total. The number of hydrogen-bond acceptors (Lipinski definition) is 2. The Bertz CT molecular complexity index is 244. The van der Waals surface area contributed by atoms with Crippen molar-refractivity contribution in [2.45, 2.75) is 0 Å². The summed E-state index contributed by atoms with van der Waals surface area (Å²) in [5, 5.41) is 8.52. The third kappa shape index (κ3) is 1.69. The molecule has 0 aliphatic heterocycles. The molecule has 0 saturated heterocycles. The Morgan fingerprint density at radius 1 is 1.70 bits per heavy atom. The Hall–Kier alpha value is -0.100. The van der Waals surface area contributed by atoms with Gasteiger partial charge in [-0.25, -0.2) is 0 Å². The van der Waals surface area contributed by atoms with Gasteiger partial charge in [-0.15, -0.1) is 0 Å². The quantitative estimate of drug-likeness (QED) is 0.515. The molecule has 0 fully saturated rings. The van der Waals surface area contributed by atoms with Gasteiger partial charge in [-0.3, -0.25) is 0 Å². The summed E-state index contributed by atoms with van der Waals surface area (Å²) in [6.45, 7) is 0. The van der Waals surface area contributed by atoms with Gasteiger partial charge < -0.3 is 0 Å². The van der Waals surface area contributed by atoms with Gasteiger partial charge in [0.2, 0.25) is 0 Å². The molecule has 0 unspecified atom stereocenters. The molecule has 0 amide bonds. The molecule has 0 aromatic carbocycles. The van der Waals surface area contributed by atoms with Crippen LogP contribution in [0.3, 0.4) is 0 Å². The van der Waals surface area contributed by atoms with Crippen LogP contribution in [0.4, 0.5) is 0 Å². The van der Waals surface area contributed by atoms with Crippen LogP contribution in [-0.2, 0) is 0 Å². The second kappa shape index (κ2) is 3.34. The zero-order valence-electron chi connectivity index (χ0n) is 5.30. The van der Waals surface area contributed by atoms with Crippen molar-refractivity contribution in [3.05, 3.63) is 19.9 Å². The van der Waals surface area contributed by atoms with E-state index in [-0.39, 0.29) is 21.2 Å². The normalized spacial score (nSPS) is 10.1. The molecule has 0 aliphatic rings. The second-order valence-electron chi connectivity index (χ2n) is 1.60. The zero-order chi connectivity index (χ0) is 7.56. The van der Waals surface area contributed by atoms with Gasteiger partial charge in [-0.2, -0.15) is 0 Å². The topological polar surface area (TPSA) is 37.3 Å². The summed E-state index contributed by atoms with van der Waals surface area (Å²) < 4.78 is 1.23. The van der Waals surface area contributed by atoms with Gasteiger partial charge in [0, 0.05) is 0 Å². The van der Waals surface area contributed by atoms with E-state index in [0.29, 0.717) is 4.88 Å². The number of aromatic carboxylic acids is 1. The summed E-state index contributed by atoms with van der Waals surface area (Å²) in [6, 6.07) is 3.58. The molecule has 0 spiro atoms. The van der Waals surface area contributed by atoms with E-state index in [1.54, 1.807) is 6.07 Å². The van der Waals surface area contributed by atoms with Crippen LogP contribution in [0.25, 0.3) is 0 Å². The summed E-state index contributed by atoms with van der Waals surface area (Å²) in [4.78, 5) is 12.9. The molecule has 1 aromatic rings. The monoisotopic (exact) mass is 269 g/mol. The molecule has 0 saturated carbocycles. The summed E-state index contributed by atoms with van der Waals surface area (Å²) in [5.41, 5.74) is 0. The number of halogens is 1. The van der Waals surface area contributed by atoms with Crippen LogP contribution in [0.2, 0.25) is 0 Å². The van der Waals surface area contributed by atoms with Crippen LogP contribution in [0.15, 0.2) is 12.1 Å². The fourth-order valence-corrected chi connectivity index (χ4v) is 3.09. The molecule has 0 bridgehead atoms. The van der Waals surface area contributed by atoms with Gasteiger partial charge in [0.1, 0.15) is 0 Å². The van der Waals surface area contributed by atoms with Gasteiger partial charge in [-0.1, -0.05) is 0 Å². The van der Waals surface area contributed by atoms with E-state index in [0.717, 1.165) is 0 Å². The number of carbonyl (C=O) groups is 1. The summed E-state index contributed by atoms with van der Waals surface area (Å²) in [6.07, 6.45) is 0. The molecule has 1 rings (SSSR count). The average Bonchev–Trinajstić information content (AvgIpc) is 2.34. The van der Waals surface area contributed by atoms with Crippen molar-refractivity contribution in [2.75, 3.05) is 4.93 Å². The first kappa shape index (κ1) is 8.00. The standard InChI is InChI=1S/C6H6IO2S/c1-7-5-3-2-4(10-5)6(8)9/h2-3H,1H3,(H,8,9)/q-1. The summed E-state index contributed by atoms with van der Waals surface area (Å²) >= 11 is 1.45. The SMILES string of the molecule is C[I-]c1ccc(C(=O)O)s1. The molecule has 1 aromatic heterocycles. The number of carboxylic acids is 1. The summed E-state index contributed by atoms with van der Waals surface area (Å²) in [5.74, 6) is -0.811. The zero-order valence-corrected chi connectivity index (χ0v) is 8.27. The second-order valence-corrected chi connectivity index (χ2v) is 5.65. The van der Waals surface area contributed by atoms with Crippen molar-refractivity contribution < 1.29 is 31.1 Å². The molecule has 4 heteroatoms. The first-order valence-corrected chi connectivity index (χ1v) is 6.62. The Balaban J connectivity index is 2.88. The molecule has 2 nitrogen and oxygen atoms in total. The van der Waals surface area contributed by atoms with Crippen LogP contribution in [0, 0.1) is 2.88 Å². The predicted molar refractivity (Wildman–Crippen MR) is 35.9 cm³/mol. The van der Waals surface area contributed by atoms with Crippen molar-refractivity contribution >= 4 is 17.3 Å². The summed E-state index contributed by atoms with van der Waals surface area (Å²) in [7, 11) is 0. The van der Waals surface area contributed by atoms with Crippen molar-refractivity contribution in [3.63, 3.8) is 0 Å². The molecule has 0 aliphatic carbocycles. The fourth-order valence-electron chi connectivity index (χ4n) is 0.531. The van der Waals surface area contributed by atoms with E-state index in [9.17, 15) is 4.79 Å². The molecular weight excluding hydrogens is 263 g/mol. The number of hydrogen-bond donors (Lipinski definition) is 1.